The molecule has 4 aliphatic carbocycles. The van der Waals surface area contributed by atoms with Crippen molar-refractivity contribution in [2.24, 2.45) is 46.3 Å². The van der Waals surface area contributed by atoms with Crippen LogP contribution in [0.5, 0.6) is 0 Å². The fourth-order valence-corrected chi connectivity index (χ4v) is 14.7. The predicted octanol–water partition coefficient (Wildman–Crippen LogP) is 0.506. The standard InChI is InChI=1S/C52H82O22/c1-22(20-66-47-42(62)41(61)39(59)34(19-53)70-47)12-15-52(64-9)23(2)37-33(74-52)18-32-30-11-10-28-16-29(57)17-36(51(28,8)31(30)13-14-50(32,37)7)72-49-46(73-48-43(63)40(60)38(58)24(3)67-48)45(69-27(6)56)44(68-26(5)55)35(71-49)21-65-25(4)54/h10,22-24,29-49,53,57-63H,11-21H2,1-9H3. The lowest BCUT2D eigenvalue weighted by molar-refractivity contribution is -0.375. The maximum Gasteiger partial charge on any atom is 0.303 e. The molecular weight excluding hydrogens is 977 g/mol. The Labute approximate surface area is 432 Å². The number of hydrogen-bond donors (Lipinski definition) is 8. The molecule has 0 radical (unpaired) electrons. The minimum atomic E-state index is -1.80. The van der Waals surface area contributed by atoms with E-state index < -0.39 is 147 Å². The molecule has 4 saturated heterocycles. The van der Waals surface area contributed by atoms with Gasteiger partial charge < -0.3 is 93.0 Å². The average molecular weight is 1060 g/mol. The quantitative estimate of drug-likeness (QED) is 0.0593. The normalized spacial score (nSPS) is 49.3. The van der Waals surface area contributed by atoms with Crippen molar-refractivity contribution < 1.29 is 107 Å². The minimum Gasteiger partial charge on any atom is -0.463 e. The average Bonchev–Trinajstić information content (AvgIpc) is 3.81. The number of carbonyl (C=O) groups excluding carboxylic acids is 3. The van der Waals surface area contributed by atoms with Crippen LogP contribution in [-0.4, -0.2) is 202 Å². The Kier molecular flexibility index (Phi) is 17.7. The highest BCUT2D eigenvalue weighted by molar-refractivity contribution is 5.68. The number of hydrogen-bond acceptors (Lipinski definition) is 22. The second-order valence-corrected chi connectivity index (χ2v) is 23.1. The number of allylic oxidation sites excluding steroid dienone is 1. The molecule has 0 bridgehead atoms. The van der Waals surface area contributed by atoms with Gasteiger partial charge in [0.15, 0.2) is 43.0 Å². The Morgan fingerprint density at radius 1 is 0.770 bits per heavy atom. The van der Waals surface area contributed by atoms with Gasteiger partial charge in [-0.15, -0.1) is 0 Å². The summed E-state index contributed by atoms with van der Waals surface area (Å²) in [5.41, 5.74) is 0.216. The largest absolute Gasteiger partial charge is 0.463 e. The van der Waals surface area contributed by atoms with Gasteiger partial charge in [0.1, 0.15) is 55.4 Å². The van der Waals surface area contributed by atoms with Crippen LogP contribution in [0.1, 0.15) is 107 Å². The molecule has 27 atom stereocenters. The van der Waals surface area contributed by atoms with Crippen LogP contribution in [0.3, 0.4) is 0 Å². The molecule has 0 amide bonds. The third-order valence-electron chi connectivity index (χ3n) is 18.6. The van der Waals surface area contributed by atoms with E-state index in [2.05, 4.69) is 26.8 Å². The molecule has 8 aliphatic rings. The van der Waals surface area contributed by atoms with Gasteiger partial charge in [0.05, 0.1) is 37.6 Å². The van der Waals surface area contributed by atoms with Crippen LogP contribution in [0.4, 0.5) is 0 Å². The van der Waals surface area contributed by atoms with Crippen molar-refractivity contribution in [3.63, 3.8) is 0 Å². The molecule has 0 aromatic carbocycles. The number of methoxy groups -OCH3 is 1. The molecule has 74 heavy (non-hydrogen) atoms. The zero-order valence-electron chi connectivity index (χ0n) is 44.0. The molecule has 4 heterocycles. The van der Waals surface area contributed by atoms with Crippen LogP contribution >= 0.6 is 0 Å². The SMILES string of the molecule is COC1(CCC(C)COC2OC(CO)C(O)C(O)C2O)OC2CC3C4CC=C5CC(O)CC(OC6OC(COC(C)=O)C(OC(C)=O)C(OC(C)=O)C6OC6OC(C)C(O)C(O)C6O)C5(C)C4CCC3(C)C2C1C. The molecule has 22 heteroatoms. The molecule has 7 fully saturated rings. The molecule has 8 rings (SSSR count). The lowest BCUT2D eigenvalue weighted by Gasteiger charge is -2.60. The van der Waals surface area contributed by atoms with E-state index >= 15 is 0 Å². The Morgan fingerprint density at radius 2 is 1.43 bits per heavy atom. The Hall–Kier alpha value is -2.49. The predicted molar refractivity (Wildman–Crippen MR) is 252 cm³/mol. The van der Waals surface area contributed by atoms with Gasteiger partial charge in [-0.25, -0.2) is 0 Å². The van der Waals surface area contributed by atoms with E-state index in [1.54, 1.807) is 7.11 Å². The summed E-state index contributed by atoms with van der Waals surface area (Å²) in [6.07, 6.45) is -16.0. The third kappa shape index (κ3) is 10.7. The highest BCUT2D eigenvalue weighted by atomic mass is 16.8. The molecular formula is C52H82O22. The molecule has 0 spiro atoms. The van der Waals surface area contributed by atoms with Crippen molar-refractivity contribution in [3.8, 4) is 0 Å². The minimum absolute atomic E-state index is 0.00844. The fourth-order valence-electron chi connectivity index (χ4n) is 14.7. The number of aliphatic hydroxyl groups is 8. The van der Waals surface area contributed by atoms with Gasteiger partial charge in [-0.3, -0.25) is 14.4 Å². The molecule has 27 unspecified atom stereocenters. The molecule has 0 aromatic rings. The summed E-state index contributed by atoms with van der Waals surface area (Å²) in [6, 6.07) is 0. The van der Waals surface area contributed by atoms with Gasteiger partial charge in [0, 0.05) is 52.1 Å². The Morgan fingerprint density at radius 3 is 2.09 bits per heavy atom. The number of carbonyl (C=O) groups is 3. The first-order chi connectivity index (χ1) is 34.9. The molecule has 0 aromatic heterocycles. The molecule has 3 saturated carbocycles. The van der Waals surface area contributed by atoms with E-state index in [-0.39, 0.29) is 60.1 Å². The third-order valence-corrected chi connectivity index (χ3v) is 18.6. The lowest BCUT2D eigenvalue weighted by atomic mass is 9.46. The maximum absolute atomic E-state index is 12.9. The number of esters is 3. The number of aliphatic hydroxyl groups excluding tert-OH is 8. The first-order valence-electron chi connectivity index (χ1n) is 26.5. The van der Waals surface area contributed by atoms with Crippen LogP contribution in [0.15, 0.2) is 11.6 Å². The number of rotatable bonds is 16. The molecule has 22 nitrogen and oxygen atoms in total. The summed E-state index contributed by atoms with van der Waals surface area (Å²) in [4.78, 5) is 37.8. The van der Waals surface area contributed by atoms with Crippen LogP contribution in [0.2, 0.25) is 0 Å². The van der Waals surface area contributed by atoms with Crippen molar-refractivity contribution in [3.05, 3.63) is 11.6 Å². The van der Waals surface area contributed by atoms with Crippen molar-refractivity contribution >= 4 is 17.9 Å². The topological polar surface area (TPSA) is 315 Å². The van der Waals surface area contributed by atoms with Crippen molar-refractivity contribution in [1.82, 2.24) is 0 Å². The van der Waals surface area contributed by atoms with Crippen LogP contribution in [-0.2, 0) is 66.5 Å². The van der Waals surface area contributed by atoms with Gasteiger partial charge in [0.2, 0.25) is 0 Å². The van der Waals surface area contributed by atoms with Gasteiger partial charge in [-0.2, -0.15) is 0 Å². The van der Waals surface area contributed by atoms with Crippen molar-refractivity contribution in [1.29, 1.82) is 0 Å². The smallest absolute Gasteiger partial charge is 0.303 e. The summed E-state index contributed by atoms with van der Waals surface area (Å²) in [7, 11) is 1.68. The van der Waals surface area contributed by atoms with Gasteiger partial charge in [0.25, 0.3) is 0 Å². The second kappa shape index (κ2) is 22.7. The zero-order chi connectivity index (χ0) is 53.9. The molecule has 8 N–H and O–H groups in total. The number of ether oxygens (including phenoxy) is 11. The Bertz CT molecular complexity index is 2010. The zero-order valence-corrected chi connectivity index (χ0v) is 44.0. The van der Waals surface area contributed by atoms with Crippen LogP contribution in [0, 0.1) is 46.3 Å². The first kappa shape index (κ1) is 57.7. The van der Waals surface area contributed by atoms with E-state index in [4.69, 9.17) is 52.1 Å². The van der Waals surface area contributed by atoms with E-state index in [1.165, 1.54) is 13.8 Å². The summed E-state index contributed by atoms with van der Waals surface area (Å²) in [5.74, 6) is -2.52. The highest BCUT2D eigenvalue weighted by Crippen LogP contribution is 2.70. The van der Waals surface area contributed by atoms with E-state index in [0.717, 1.165) is 45.1 Å². The summed E-state index contributed by atoms with van der Waals surface area (Å²) < 4.78 is 67.7. The maximum atomic E-state index is 12.9. The van der Waals surface area contributed by atoms with Crippen molar-refractivity contribution in [2.75, 3.05) is 26.9 Å². The van der Waals surface area contributed by atoms with E-state index in [9.17, 15) is 55.2 Å². The fraction of sp³-hybridized carbons (Fsp3) is 0.904. The van der Waals surface area contributed by atoms with E-state index in [0.29, 0.717) is 19.3 Å². The number of fused-ring (bicyclic) bond motifs is 7. The molecule has 4 aliphatic heterocycles. The summed E-state index contributed by atoms with van der Waals surface area (Å²) in [5, 5.41) is 84.7. The van der Waals surface area contributed by atoms with Gasteiger partial charge >= 0.3 is 17.9 Å². The van der Waals surface area contributed by atoms with Gasteiger partial charge in [-0.05, 0) is 80.5 Å². The monoisotopic (exact) mass is 1060 g/mol. The highest BCUT2D eigenvalue weighted by Gasteiger charge is 2.69. The first-order valence-corrected chi connectivity index (χ1v) is 26.5. The van der Waals surface area contributed by atoms with E-state index in [1.807, 2.05) is 6.92 Å². The Balaban J connectivity index is 1.02. The van der Waals surface area contributed by atoms with Crippen LogP contribution < -0.4 is 0 Å². The summed E-state index contributed by atoms with van der Waals surface area (Å²) in [6.45, 7) is 12.9. The summed E-state index contributed by atoms with van der Waals surface area (Å²) >= 11 is 0. The van der Waals surface area contributed by atoms with Crippen LogP contribution in [0.25, 0.3) is 0 Å². The second-order valence-electron chi connectivity index (χ2n) is 23.1. The van der Waals surface area contributed by atoms with Gasteiger partial charge in [-0.1, -0.05) is 39.3 Å². The lowest BCUT2D eigenvalue weighted by Crippen LogP contribution is -2.66. The molecule has 422 valence electrons. The van der Waals surface area contributed by atoms with Crippen molar-refractivity contribution in [2.45, 2.75) is 223 Å².